The molecule has 0 saturated carbocycles. The molecule has 2 rings (SSSR count). The van der Waals surface area contributed by atoms with Gasteiger partial charge in [0.25, 0.3) is 5.91 Å². The highest BCUT2D eigenvalue weighted by molar-refractivity contribution is 6.06. The number of carbonyl (C=O) groups excluding carboxylic acids is 1. The van der Waals surface area contributed by atoms with Crippen molar-refractivity contribution in [2.24, 2.45) is 0 Å². The van der Waals surface area contributed by atoms with E-state index in [-0.39, 0.29) is 0 Å². The highest BCUT2D eigenvalue weighted by Gasteiger charge is 2.21. The van der Waals surface area contributed by atoms with Gasteiger partial charge in [0.1, 0.15) is 17.2 Å². The first-order chi connectivity index (χ1) is 9.00. The van der Waals surface area contributed by atoms with Gasteiger partial charge in [0.2, 0.25) is 0 Å². The highest BCUT2D eigenvalue weighted by Crippen LogP contribution is 2.21. The van der Waals surface area contributed by atoms with Crippen molar-refractivity contribution in [3.63, 3.8) is 0 Å². The zero-order valence-corrected chi connectivity index (χ0v) is 10.2. The van der Waals surface area contributed by atoms with Gasteiger partial charge in [-0.15, -0.1) is 0 Å². The standard InChI is InChI=1S/C14H12F2N2O/c1-18(10-5-2-4-9(17)8-10)14(19)13-11(15)6-3-7-12(13)16/h2-8H,17H2,1H3. The Morgan fingerprint density at radius 2 is 1.68 bits per heavy atom. The molecule has 98 valence electrons. The van der Waals surface area contributed by atoms with E-state index in [4.69, 9.17) is 5.73 Å². The smallest absolute Gasteiger partial charge is 0.263 e. The molecule has 0 fully saturated rings. The molecule has 0 atom stereocenters. The molecule has 0 bridgehead atoms. The largest absolute Gasteiger partial charge is 0.399 e. The number of hydrogen-bond donors (Lipinski definition) is 1. The molecule has 2 N–H and O–H groups in total. The van der Waals surface area contributed by atoms with Gasteiger partial charge in [-0.3, -0.25) is 4.79 Å². The van der Waals surface area contributed by atoms with E-state index in [1.165, 1.54) is 13.1 Å². The Morgan fingerprint density at radius 3 is 2.26 bits per heavy atom. The second-order valence-corrected chi connectivity index (χ2v) is 4.06. The van der Waals surface area contributed by atoms with Crippen LogP contribution in [0.2, 0.25) is 0 Å². The topological polar surface area (TPSA) is 46.3 Å². The molecular weight excluding hydrogens is 250 g/mol. The van der Waals surface area contributed by atoms with Gasteiger partial charge in [0.05, 0.1) is 0 Å². The van der Waals surface area contributed by atoms with Crippen LogP contribution in [0.1, 0.15) is 10.4 Å². The first-order valence-corrected chi connectivity index (χ1v) is 5.58. The van der Waals surface area contributed by atoms with Gasteiger partial charge in [-0.25, -0.2) is 8.78 Å². The molecule has 0 spiro atoms. The second-order valence-electron chi connectivity index (χ2n) is 4.06. The number of rotatable bonds is 2. The van der Waals surface area contributed by atoms with Crippen LogP contribution in [0.15, 0.2) is 42.5 Å². The van der Waals surface area contributed by atoms with E-state index in [1.54, 1.807) is 24.3 Å². The Hall–Kier alpha value is -2.43. The molecule has 0 radical (unpaired) electrons. The summed E-state index contributed by atoms with van der Waals surface area (Å²) < 4.78 is 27.1. The van der Waals surface area contributed by atoms with E-state index in [2.05, 4.69) is 0 Å². The number of halogens is 2. The Labute approximate surface area is 109 Å². The number of nitrogens with zero attached hydrogens (tertiary/aromatic N) is 1. The Balaban J connectivity index is 2.39. The first-order valence-electron chi connectivity index (χ1n) is 5.58. The predicted octanol–water partition coefficient (Wildman–Crippen LogP) is 2.82. The van der Waals surface area contributed by atoms with E-state index >= 15 is 0 Å². The molecular formula is C14H12F2N2O. The van der Waals surface area contributed by atoms with Gasteiger partial charge in [0, 0.05) is 18.4 Å². The minimum absolute atomic E-state index is 0.464. The first kappa shape index (κ1) is 13.0. The Kier molecular flexibility index (Phi) is 3.46. The predicted molar refractivity (Wildman–Crippen MR) is 69.9 cm³/mol. The number of nitrogens with two attached hydrogens (primary N) is 1. The summed E-state index contributed by atoms with van der Waals surface area (Å²) in [6, 6.07) is 9.80. The summed E-state index contributed by atoms with van der Waals surface area (Å²) in [6.45, 7) is 0. The number of anilines is 2. The van der Waals surface area contributed by atoms with Crippen LogP contribution in [0.3, 0.4) is 0 Å². The van der Waals surface area contributed by atoms with E-state index in [0.717, 1.165) is 17.0 Å². The fourth-order valence-electron chi connectivity index (χ4n) is 1.72. The molecule has 5 heteroatoms. The van der Waals surface area contributed by atoms with Gasteiger partial charge in [-0.1, -0.05) is 12.1 Å². The normalized spacial score (nSPS) is 10.3. The monoisotopic (exact) mass is 262 g/mol. The van der Waals surface area contributed by atoms with Crippen molar-refractivity contribution in [3.8, 4) is 0 Å². The maximum atomic E-state index is 13.5. The van der Waals surface area contributed by atoms with Gasteiger partial charge < -0.3 is 10.6 Å². The van der Waals surface area contributed by atoms with Gasteiger partial charge in [0.15, 0.2) is 0 Å². The highest BCUT2D eigenvalue weighted by atomic mass is 19.1. The number of carbonyl (C=O) groups is 1. The maximum absolute atomic E-state index is 13.5. The Bertz CT molecular complexity index is 608. The summed E-state index contributed by atoms with van der Waals surface area (Å²) in [6.07, 6.45) is 0. The molecule has 0 saturated heterocycles. The van der Waals surface area contributed by atoms with E-state index in [0.29, 0.717) is 11.4 Å². The molecule has 0 aromatic heterocycles. The molecule has 0 aliphatic heterocycles. The molecule has 0 aliphatic carbocycles. The number of benzene rings is 2. The quantitative estimate of drug-likeness (QED) is 0.846. The summed E-state index contributed by atoms with van der Waals surface area (Å²) in [5, 5.41) is 0. The van der Waals surface area contributed by atoms with Crippen LogP contribution in [-0.4, -0.2) is 13.0 Å². The number of nitrogen functional groups attached to an aromatic ring is 1. The van der Waals surface area contributed by atoms with Crippen molar-refractivity contribution in [1.82, 2.24) is 0 Å². The molecule has 0 aliphatic rings. The minimum atomic E-state index is -0.888. The molecule has 2 aromatic rings. The van der Waals surface area contributed by atoms with Crippen molar-refractivity contribution >= 4 is 17.3 Å². The van der Waals surface area contributed by atoms with Gasteiger partial charge in [-0.05, 0) is 30.3 Å². The van der Waals surface area contributed by atoms with Gasteiger partial charge >= 0.3 is 0 Å². The van der Waals surface area contributed by atoms with E-state index in [9.17, 15) is 13.6 Å². The average Bonchev–Trinajstić information content (AvgIpc) is 2.37. The molecule has 2 aromatic carbocycles. The number of hydrogen-bond acceptors (Lipinski definition) is 2. The van der Waals surface area contributed by atoms with Crippen LogP contribution < -0.4 is 10.6 Å². The Morgan fingerprint density at radius 1 is 1.11 bits per heavy atom. The summed E-state index contributed by atoms with van der Waals surface area (Å²) in [5.74, 6) is -2.54. The van der Waals surface area contributed by atoms with Gasteiger partial charge in [-0.2, -0.15) is 0 Å². The fourth-order valence-corrected chi connectivity index (χ4v) is 1.72. The van der Waals surface area contributed by atoms with Crippen molar-refractivity contribution in [3.05, 3.63) is 59.7 Å². The lowest BCUT2D eigenvalue weighted by Gasteiger charge is -2.18. The maximum Gasteiger partial charge on any atom is 0.263 e. The molecule has 19 heavy (non-hydrogen) atoms. The lowest BCUT2D eigenvalue weighted by molar-refractivity contribution is 0.0985. The number of amides is 1. The van der Waals surface area contributed by atoms with Crippen LogP contribution in [0, 0.1) is 11.6 Å². The third kappa shape index (κ3) is 2.54. The summed E-state index contributed by atoms with van der Waals surface area (Å²) >= 11 is 0. The summed E-state index contributed by atoms with van der Waals surface area (Å²) in [4.78, 5) is 13.3. The molecule has 0 unspecified atom stereocenters. The molecule has 0 heterocycles. The van der Waals surface area contributed by atoms with Crippen LogP contribution in [-0.2, 0) is 0 Å². The third-order valence-corrected chi connectivity index (χ3v) is 2.74. The second kappa shape index (κ2) is 5.06. The zero-order chi connectivity index (χ0) is 14.0. The average molecular weight is 262 g/mol. The van der Waals surface area contributed by atoms with E-state index in [1.807, 2.05) is 0 Å². The lowest BCUT2D eigenvalue weighted by Crippen LogP contribution is -2.28. The van der Waals surface area contributed by atoms with Crippen LogP contribution in [0.25, 0.3) is 0 Å². The van der Waals surface area contributed by atoms with Crippen molar-refractivity contribution in [2.45, 2.75) is 0 Å². The van der Waals surface area contributed by atoms with Crippen LogP contribution >= 0.6 is 0 Å². The minimum Gasteiger partial charge on any atom is -0.399 e. The molecule has 3 nitrogen and oxygen atoms in total. The SMILES string of the molecule is CN(C(=O)c1c(F)cccc1F)c1cccc(N)c1. The zero-order valence-electron chi connectivity index (χ0n) is 10.2. The fraction of sp³-hybridized carbons (Fsp3) is 0.0714. The van der Waals surface area contributed by atoms with Crippen molar-refractivity contribution in [1.29, 1.82) is 0 Å². The van der Waals surface area contributed by atoms with Crippen molar-refractivity contribution in [2.75, 3.05) is 17.7 Å². The third-order valence-electron chi connectivity index (χ3n) is 2.74. The van der Waals surface area contributed by atoms with Crippen LogP contribution in [0.4, 0.5) is 20.2 Å². The summed E-state index contributed by atoms with van der Waals surface area (Å²) in [7, 11) is 1.43. The van der Waals surface area contributed by atoms with E-state index < -0.39 is 23.1 Å². The molecule has 1 amide bonds. The summed E-state index contributed by atoms with van der Waals surface area (Å²) in [5.41, 5.74) is 5.96. The van der Waals surface area contributed by atoms with Crippen LogP contribution in [0.5, 0.6) is 0 Å². The lowest BCUT2D eigenvalue weighted by atomic mass is 10.1. The van der Waals surface area contributed by atoms with Crippen molar-refractivity contribution < 1.29 is 13.6 Å².